The van der Waals surface area contributed by atoms with Gasteiger partial charge in [-0.15, -0.1) is 0 Å². The number of carboxylic acids is 1. The Labute approximate surface area is 106 Å². The van der Waals surface area contributed by atoms with Crippen molar-refractivity contribution in [2.75, 3.05) is 17.7 Å². The number of rotatable bonds is 2. The van der Waals surface area contributed by atoms with Gasteiger partial charge in [0.2, 0.25) is 5.91 Å². The molecule has 0 atom stereocenters. The van der Waals surface area contributed by atoms with Crippen LogP contribution in [0.2, 0.25) is 0 Å². The maximum Gasteiger partial charge on any atom is 0.337 e. The van der Waals surface area contributed by atoms with Crippen LogP contribution in [0.4, 0.5) is 11.4 Å². The molecule has 1 aromatic carbocycles. The molecule has 0 fully saturated rings. The molecule has 0 aliphatic carbocycles. The van der Waals surface area contributed by atoms with Crippen LogP contribution in [-0.4, -0.2) is 24.0 Å². The Morgan fingerprint density at radius 2 is 1.83 bits per heavy atom. The van der Waals surface area contributed by atoms with E-state index in [1.165, 1.54) is 11.0 Å². The monoisotopic (exact) mass is 250 g/mol. The summed E-state index contributed by atoms with van der Waals surface area (Å²) in [6, 6.07) is 4.47. The molecule has 5 heteroatoms. The molecule has 0 aliphatic heterocycles. The fourth-order valence-corrected chi connectivity index (χ4v) is 1.63. The first kappa shape index (κ1) is 14.0. The molecule has 0 bridgehead atoms. The van der Waals surface area contributed by atoms with E-state index in [9.17, 15) is 9.59 Å². The first-order valence-corrected chi connectivity index (χ1v) is 5.55. The molecule has 0 unspecified atom stereocenters. The van der Waals surface area contributed by atoms with E-state index >= 15 is 0 Å². The zero-order valence-electron chi connectivity index (χ0n) is 11.0. The number of hydrogen-bond donors (Lipinski definition) is 2. The van der Waals surface area contributed by atoms with Gasteiger partial charge in [-0.05, 0) is 18.2 Å². The quantitative estimate of drug-likeness (QED) is 0.786. The third kappa shape index (κ3) is 2.80. The van der Waals surface area contributed by atoms with Crippen molar-refractivity contribution in [1.82, 2.24) is 0 Å². The third-order valence-corrected chi connectivity index (χ3v) is 2.56. The first-order chi connectivity index (χ1) is 8.14. The van der Waals surface area contributed by atoms with E-state index < -0.39 is 11.4 Å². The average Bonchev–Trinajstić information content (AvgIpc) is 2.25. The van der Waals surface area contributed by atoms with Gasteiger partial charge in [0, 0.05) is 18.2 Å². The van der Waals surface area contributed by atoms with Gasteiger partial charge in [0.25, 0.3) is 0 Å². The maximum absolute atomic E-state index is 12.1. The van der Waals surface area contributed by atoms with E-state index in [1.54, 1.807) is 40.0 Å². The molecule has 0 spiro atoms. The molecule has 5 nitrogen and oxygen atoms in total. The minimum absolute atomic E-state index is 0.0232. The van der Waals surface area contributed by atoms with Crippen molar-refractivity contribution >= 4 is 23.3 Å². The number of anilines is 2. The zero-order chi connectivity index (χ0) is 14.1. The highest BCUT2D eigenvalue weighted by molar-refractivity contribution is 6.03. The number of nitrogens with zero attached hydrogens (tertiary/aromatic N) is 1. The Morgan fingerprint density at radius 1 is 1.28 bits per heavy atom. The van der Waals surface area contributed by atoms with Crippen molar-refractivity contribution in [2.24, 2.45) is 5.41 Å². The van der Waals surface area contributed by atoms with Crippen molar-refractivity contribution in [3.05, 3.63) is 23.8 Å². The Morgan fingerprint density at radius 3 is 2.28 bits per heavy atom. The molecular weight excluding hydrogens is 232 g/mol. The fourth-order valence-electron chi connectivity index (χ4n) is 1.63. The molecule has 3 N–H and O–H groups in total. The first-order valence-electron chi connectivity index (χ1n) is 5.55. The highest BCUT2D eigenvalue weighted by Gasteiger charge is 2.28. The lowest BCUT2D eigenvalue weighted by atomic mass is 9.94. The number of carbonyl (C=O) groups is 2. The van der Waals surface area contributed by atoms with Gasteiger partial charge in [-0.1, -0.05) is 20.8 Å². The van der Waals surface area contributed by atoms with E-state index in [0.29, 0.717) is 11.4 Å². The number of carboxylic acid groups (broad SMARTS) is 1. The standard InChI is InChI=1S/C13H18N2O3/c1-13(2,3)12(18)15(4)10-6-5-8(14)7-9(10)11(16)17/h5-7H,14H2,1-4H3,(H,16,17). The topological polar surface area (TPSA) is 83.6 Å². The van der Waals surface area contributed by atoms with Crippen LogP contribution in [0, 0.1) is 5.41 Å². The number of aromatic carboxylic acids is 1. The lowest BCUT2D eigenvalue weighted by Gasteiger charge is -2.27. The van der Waals surface area contributed by atoms with Gasteiger partial charge >= 0.3 is 5.97 Å². The van der Waals surface area contributed by atoms with E-state index in [-0.39, 0.29) is 11.5 Å². The molecule has 0 heterocycles. The van der Waals surface area contributed by atoms with Gasteiger partial charge in [-0.3, -0.25) is 4.79 Å². The third-order valence-electron chi connectivity index (χ3n) is 2.56. The van der Waals surface area contributed by atoms with Crippen LogP contribution in [0.15, 0.2) is 18.2 Å². The number of carbonyl (C=O) groups excluding carboxylic acids is 1. The summed E-state index contributed by atoms with van der Waals surface area (Å²) < 4.78 is 0. The van der Waals surface area contributed by atoms with Crippen LogP contribution in [0.3, 0.4) is 0 Å². The Kier molecular flexibility index (Phi) is 3.65. The molecule has 98 valence electrons. The number of amides is 1. The van der Waals surface area contributed by atoms with E-state index in [4.69, 9.17) is 10.8 Å². The summed E-state index contributed by atoms with van der Waals surface area (Å²) >= 11 is 0. The van der Waals surface area contributed by atoms with E-state index in [2.05, 4.69) is 0 Å². The molecule has 1 rings (SSSR count). The molecule has 18 heavy (non-hydrogen) atoms. The van der Waals surface area contributed by atoms with Crippen LogP contribution < -0.4 is 10.6 Å². The molecule has 1 amide bonds. The Balaban J connectivity index is 3.25. The second-order valence-electron chi connectivity index (χ2n) is 5.20. The van der Waals surface area contributed by atoms with E-state index in [0.717, 1.165) is 0 Å². The fraction of sp³-hybridized carbons (Fsp3) is 0.385. The summed E-state index contributed by atoms with van der Waals surface area (Å²) in [5.74, 6) is -1.26. The van der Waals surface area contributed by atoms with Gasteiger partial charge in [0.05, 0.1) is 11.3 Å². The number of nitrogen functional groups attached to an aromatic ring is 1. The molecule has 1 aromatic rings. The predicted molar refractivity (Wildman–Crippen MR) is 70.7 cm³/mol. The van der Waals surface area contributed by atoms with Crippen LogP contribution in [0.5, 0.6) is 0 Å². The zero-order valence-corrected chi connectivity index (χ0v) is 11.0. The number of nitrogens with two attached hydrogens (primary N) is 1. The predicted octanol–water partition coefficient (Wildman–Crippen LogP) is 1.98. The average molecular weight is 250 g/mol. The summed E-state index contributed by atoms with van der Waals surface area (Å²) in [4.78, 5) is 24.6. The second kappa shape index (κ2) is 4.68. The van der Waals surface area contributed by atoms with Crippen LogP contribution in [0.1, 0.15) is 31.1 Å². The number of benzene rings is 1. The molecule has 0 saturated heterocycles. The molecule has 0 aromatic heterocycles. The second-order valence-corrected chi connectivity index (χ2v) is 5.20. The van der Waals surface area contributed by atoms with Gasteiger partial charge in [0.1, 0.15) is 0 Å². The van der Waals surface area contributed by atoms with Crippen molar-refractivity contribution < 1.29 is 14.7 Å². The van der Waals surface area contributed by atoms with Gasteiger partial charge in [-0.2, -0.15) is 0 Å². The van der Waals surface area contributed by atoms with Crippen LogP contribution in [-0.2, 0) is 4.79 Å². The molecule has 0 aliphatic rings. The van der Waals surface area contributed by atoms with Crippen molar-refractivity contribution in [3.8, 4) is 0 Å². The molecule has 0 saturated carbocycles. The molecular formula is C13H18N2O3. The lowest BCUT2D eigenvalue weighted by Crippen LogP contribution is -2.37. The van der Waals surface area contributed by atoms with Gasteiger partial charge in [-0.25, -0.2) is 4.79 Å². The van der Waals surface area contributed by atoms with Gasteiger partial charge < -0.3 is 15.7 Å². The maximum atomic E-state index is 12.1. The summed E-state index contributed by atoms with van der Waals surface area (Å²) in [7, 11) is 1.56. The summed E-state index contributed by atoms with van der Waals surface area (Å²) in [5.41, 5.74) is 5.70. The highest BCUT2D eigenvalue weighted by atomic mass is 16.4. The minimum atomic E-state index is -1.11. The largest absolute Gasteiger partial charge is 0.478 e. The minimum Gasteiger partial charge on any atom is -0.478 e. The van der Waals surface area contributed by atoms with Crippen molar-refractivity contribution in [1.29, 1.82) is 0 Å². The Hall–Kier alpha value is -2.04. The summed E-state index contributed by atoms with van der Waals surface area (Å²) in [6.45, 7) is 5.34. The normalized spacial score (nSPS) is 11.1. The summed E-state index contributed by atoms with van der Waals surface area (Å²) in [6.07, 6.45) is 0. The number of hydrogen-bond acceptors (Lipinski definition) is 3. The van der Waals surface area contributed by atoms with Crippen LogP contribution in [0.25, 0.3) is 0 Å². The van der Waals surface area contributed by atoms with Crippen LogP contribution >= 0.6 is 0 Å². The Bertz CT molecular complexity index is 489. The molecule has 0 radical (unpaired) electrons. The SMILES string of the molecule is CN(C(=O)C(C)(C)C)c1ccc(N)cc1C(=O)O. The van der Waals surface area contributed by atoms with E-state index in [1.807, 2.05) is 0 Å². The lowest BCUT2D eigenvalue weighted by molar-refractivity contribution is -0.125. The van der Waals surface area contributed by atoms with Gasteiger partial charge in [0.15, 0.2) is 0 Å². The van der Waals surface area contributed by atoms with Crippen molar-refractivity contribution in [3.63, 3.8) is 0 Å². The summed E-state index contributed by atoms with van der Waals surface area (Å²) in [5, 5.41) is 9.13. The smallest absolute Gasteiger partial charge is 0.337 e. The highest BCUT2D eigenvalue weighted by Crippen LogP contribution is 2.26. The van der Waals surface area contributed by atoms with Crippen molar-refractivity contribution in [2.45, 2.75) is 20.8 Å².